The van der Waals surface area contributed by atoms with Gasteiger partial charge in [-0.3, -0.25) is 20.2 Å². The third-order valence-electron chi connectivity index (χ3n) is 4.04. The zero-order valence-corrected chi connectivity index (χ0v) is 18.7. The van der Waals surface area contributed by atoms with E-state index >= 15 is 0 Å². The maximum atomic E-state index is 12.0. The van der Waals surface area contributed by atoms with Gasteiger partial charge in [0.25, 0.3) is 11.8 Å². The van der Waals surface area contributed by atoms with E-state index in [-0.39, 0.29) is 11.1 Å². The monoisotopic (exact) mass is 486 g/mol. The molecule has 4 N–H and O–H groups in total. The first-order valence-corrected chi connectivity index (χ1v) is 9.97. The molecule has 6 amide bonds. The molecule has 0 aliphatic heterocycles. The van der Waals surface area contributed by atoms with Crippen molar-refractivity contribution in [3.05, 3.63) is 59.7 Å². The fraction of sp³-hybridized carbons (Fsp3) is 0.182. The highest BCUT2D eigenvalue weighted by molar-refractivity contribution is 5.97. The first-order chi connectivity index (χ1) is 16.7. The van der Waals surface area contributed by atoms with Gasteiger partial charge in [-0.15, -0.1) is 0 Å². The Balaban J connectivity index is 1.84. The summed E-state index contributed by atoms with van der Waals surface area (Å²) in [6.07, 6.45) is 0. The van der Waals surface area contributed by atoms with Crippen LogP contribution < -0.4 is 26.0 Å². The second-order valence-corrected chi connectivity index (χ2v) is 6.56. The summed E-state index contributed by atoms with van der Waals surface area (Å²) in [5.41, 5.74) is 0.312. The summed E-state index contributed by atoms with van der Waals surface area (Å²) in [6, 6.07) is 10.2. The molecule has 2 aromatic carbocycles. The second kappa shape index (κ2) is 12.9. The topological polar surface area (TPSA) is 178 Å². The molecule has 2 rings (SSSR count). The normalized spacial score (nSPS) is 9.77. The van der Waals surface area contributed by atoms with Crippen LogP contribution in [0.2, 0.25) is 0 Å². The lowest BCUT2D eigenvalue weighted by molar-refractivity contribution is -0.123. The van der Waals surface area contributed by atoms with E-state index in [9.17, 15) is 28.8 Å². The fourth-order valence-electron chi connectivity index (χ4n) is 2.33. The van der Waals surface area contributed by atoms with Crippen molar-refractivity contribution in [3.8, 4) is 11.5 Å². The van der Waals surface area contributed by atoms with E-state index in [1.165, 1.54) is 62.6 Å². The summed E-state index contributed by atoms with van der Waals surface area (Å²) in [7, 11) is 2.67. The summed E-state index contributed by atoms with van der Waals surface area (Å²) >= 11 is 0. The molecule has 2 aromatic rings. The van der Waals surface area contributed by atoms with Gasteiger partial charge in [0.1, 0.15) is 11.5 Å². The van der Waals surface area contributed by atoms with E-state index in [0.717, 1.165) is 0 Å². The predicted molar refractivity (Wildman–Crippen MR) is 119 cm³/mol. The molecule has 13 nitrogen and oxygen atoms in total. The van der Waals surface area contributed by atoms with E-state index in [4.69, 9.17) is 14.2 Å². The van der Waals surface area contributed by atoms with Gasteiger partial charge in [0.15, 0.2) is 13.2 Å². The van der Waals surface area contributed by atoms with E-state index in [1.807, 2.05) is 10.6 Å². The molecule has 0 spiro atoms. The molecule has 35 heavy (non-hydrogen) atoms. The maximum absolute atomic E-state index is 12.0. The largest absolute Gasteiger partial charge is 0.457 e. The molecule has 184 valence electrons. The molecule has 0 atom stereocenters. The molecular weight excluding hydrogens is 464 g/mol. The van der Waals surface area contributed by atoms with Crippen LogP contribution in [0.25, 0.3) is 0 Å². The van der Waals surface area contributed by atoms with Gasteiger partial charge in [0.05, 0.1) is 11.1 Å². The van der Waals surface area contributed by atoms with E-state index < -0.39 is 49.0 Å². The number of carbonyl (C=O) groups excluding carboxylic acids is 6. The van der Waals surface area contributed by atoms with Crippen molar-refractivity contribution in [3.63, 3.8) is 0 Å². The molecule has 0 bridgehead atoms. The highest BCUT2D eigenvalue weighted by Gasteiger charge is 2.14. The van der Waals surface area contributed by atoms with Gasteiger partial charge in [0.2, 0.25) is 0 Å². The van der Waals surface area contributed by atoms with Crippen LogP contribution in [0.1, 0.15) is 20.7 Å². The van der Waals surface area contributed by atoms with Gasteiger partial charge in [-0.2, -0.15) is 0 Å². The molecule has 13 heteroatoms. The molecule has 0 fully saturated rings. The van der Waals surface area contributed by atoms with E-state index in [1.54, 1.807) is 0 Å². The van der Waals surface area contributed by atoms with Crippen LogP contribution in [0, 0.1) is 0 Å². The number of carbonyl (C=O) groups is 6. The number of hydrogen-bond acceptors (Lipinski definition) is 9. The Morgan fingerprint density at radius 1 is 0.600 bits per heavy atom. The second-order valence-electron chi connectivity index (χ2n) is 6.56. The standard InChI is InChI=1S/C22H22N4O9/c1-23-21(31)25-17(27)11-33-19(29)13-3-7-15(8-4-13)35-16-9-5-14(6-10-16)20(30)34-12-18(28)26-22(32)24-2/h3-10H,11-12H2,1-2H3,(H2,23,25,27,31)(H2,24,26,28,32). The van der Waals surface area contributed by atoms with Gasteiger partial charge in [-0.25, -0.2) is 19.2 Å². The Kier molecular flexibility index (Phi) is 9.72. The molecular formula is C22H22N4O9. The molecule has 0 aliphatic carbocycles. The number of nitrogens with one attached hydrogen (secondary N) is 4. The van der Waals surface area contributed by atoms with Gasteiger partial charge in [-0.05, 0) is 48.5 Å². The lowest BCUT2D eigenvalue weighted by Gasteiger charge is -2.09. The van der Waals surface area contributed by atoms with Crippen molar-refractivity contribution in [1.29, 1.82) is 0 Å². The van der Waals surface area contributed by atoms with Crippen molar-refractivity contribution >= 4 is 35.8 Å². The Labute approximate surface area is 199 Å². The minimum atomic E-state index is -0.780. The van der Waals surface area contributed by atoms with E-state index in [0.29, 0.717) is 11.5 Å². The minimum Gasteiger partial charge on any atom is -0.457 e. The van der Waals surface area contributed by atoms with Crippen LogP contribution in [0.5, 0.6) is 11.5 Å². The van der Waals surface area contributed by atoms with Crippen LogP contribution in [0.15, 0.2) is 48.5 Å². The molecule has 0 radical (unpaired) electrons. The quantitative estimate of drug-likeness (QED) is 0.391. The van der Waals surface area contributed by atoms with Crippen LogP contribution in [0.4, 0.5) is 9.59 Å². The summed E-state index contributed by atoms with van der Waals surface area (Å²) in [5.74, 6) is -2.35. The number of urea groups is 2. The van der Waals surface area contributed by atoms with Crippen molar-refractivity contribution < 1.29 is 43.0 Å². The maximum Gasteiger partial charge on any atom is 0.338 e. The first-order valence-electron chi connectivity index (χ1n) is 9.97. The molecule has 0 aromatic heterocycles. The average molecular weight is 486 g/mol. The summed E-state index contributed by atoms with van der Waals surface area (Å²) in [6.45, 7) is -1.25. The van der Waals surface area contributed by atoms with Gasteiger partial charge in [-0.1, -0.05) is 0 Å². The molecule has 0 unspecified atom stereocenters. The van der Waals surface area contributed by atoms with Crippen molar-refractivity contribution in [2.45, 2.75) is 0 Å². The van der Waals surface area contributed by atoms with E-state index in [2.05, 4.69) is 10.6 Å². The summed E-state index contributed by atoms with van der Waals surface area (Å²) in [4.78, 5) is 69.0. The summed E-state index contributed by atoms with van der Waals surface area (Å²) < 4.78 is 15.3. The Hall–Kier alpha value is -4.94. The van der Waals surface area contributed by atoms with Crippen molar-refractivity contribution in [2.75, 3.05) is 27.3 Å². The lowest BCUT2D eigenvalue weighted by Crippen LogP contribution is -2.39. The average Bonchev–Trinajstić information content (AvgIpc) is 2.86. The van der Waals surface area contributed by atoms with Gasteiger partial charge >= 0.3 is 24.0 Å². The number of imide groups is 2. The Bertz CT molecular complexity index is 1010. The number of hydrogen-bond donors (Lipinski definition) is 4. The molecule has 0 heterocycles. The van der Waals surface area contributed by atoms with Gasteiger partial charge < -0.3 is 24.8 Å². The zero-order valence-electron chi connectivity index (χ0n) is 18.7. The number of benzene rings is 2. The molecule has 0 saturated carbocycles. The number of ether oxygens (including phenoxy) is 3. The molecule has 0 aliphatic rings. The SMILES string of the molecule is CNC(=O)NC(=O)COC(=O)c1ccc(Oc2ccc(C(=O)OCC(=O)NC(=O)NC)cc2)cc1. The highest BCUT2D eigenvalue weighted by Crippen LogP contribution is 2.22. The zero-order chi connectivity index (χ0) is 25.8. The highest BCUT2D eigenvalue weighted by atomic mass is 16.5. The van der Waals surface area contributed by atoms with Crippen LogP contribution in [-0.4, -0.2) is 63.1 Å². The fourth-order valence-corrected chi connectivity index (χ4v) is 2.33. The number of esters is 2. The van der Waals surface area contributed by atoms with Crippen LogP contribution in [0.3, 0.4) is 0 Å². The van der Waals surface area contributed by atoms with Crippen molar-refractivity contribution in [2.24, 2.45) is 0 Å². The molecule has 0 saturated heterocycles. The number of amides is 6. The third-order valence-corrected chi connectivity index (χ3v) is 4.04. The number of rotatable bonds is 8. The predicted octanol–water partition coefficient (Wildman–Crippen LogP) is 0.704. The first kappa shape index (κ1) is 26.3. The Morgan fingerprint density at radius 2 is 0.943 bits per heavy atom. The Morgan fingerprint density at radius 3 is 1.26 bits per heavy atom. The van der Waals surface area contributed by atoms with Crippen LogP contribution in [-0.2, 0) is 19.1 Å². The van der Waals surface area contributed by atoms with Gasteiger partial charge in [0, 0.05) is 14.1 Å². The third kappa shape index (κ3) is 8.84. The lowest BCUT2D eigenvalue weighted by atomic mass is 10.2. The minimum absolute atomic E-state index is 0.156. The smallest absolute Gasteiger partial charge is 0.338 e. The summed E-state index contributed by atoms with van der Waals surface area (Å²) in [5, 5.41) is 8.30. The van der Waals surface area contributed by atoms with Crippen molar-refractivity contribution in [1.82, 2.24) is 21.3 Å². The van der Waals surface area contributed by atoms with Crippen LogP contribution >= 0.6 is 0 Å².